The topological polar surface area (TPSA) is 35.6 Å². The molecule has 0 unspecified atom stereocenters. The first-order valence-corrected chi connectivity index (χ1v) is 7.88. The van der Waals surface area contributed by atoms with Crippen molar-refractivity contribution in [1.82, 2.24) is 15.1 Å². The van der Waals surface area contributed by atoms with Crippen LogP contribution in [-0.4, -0.2) is 61.0 Å². The number of hydrogen-bond donors (Lipinski definition) is 1. The summed E-state index contributed by atoms with van der Waals surface area (Å²) in [6.07, 6.45) is 4.49. The van der Waals surface area contributed by atoms with Gasteiger partial charge in [-0.15, -0.1) is 0 Å². The van der Waals surface area contributed by atoms with Crippen molar-refractivity contribution in [3.8, 4) is 0 Å². The maximum Gasteiger partial charge on any atom is 0.222 e. The Labute approximate surface area is 117 Å². The van der Waals surface area contributed by atoms with Gasteiger partial charge in [-0.3, -0.25) is 9.69 Å². The highest BCUT2D eigenvalue weighted by Gasteiger charge is 2.27. The summed E-state index contributed by atoms with van der Waals surface area (Å²) in [5.74, 6) is 1.31. The number of nitrogens with one attached hydrogen (secondary N) is 1. The molecule has 2 aliphatic rings. The van der Waals surface area contributed by atoms with Crippen molar-refractivity contribution in [1.29, 1.82) is 0 Å². The zero-order chi connectivity index (χ0) is 13.7. The summed E-state index contributed by atoms with van der Waals surface area (Å²) >= 11 is 0. The van der Waals surface area contributed by atoms with E-state index in [1.807, 2.05) is 0 Å². The SMILES string of the molecule is CC(C)NCCCC(=O)N1CCN(CC2CC2)CC1. The molecule has 0 aromatic rings. The van der Waals surface area contributed by atoms with E-state index in [-0.39, 0.29) is 0 Å². The molecule has 2 rings (SSSR count). The minimum absolute atomic E-state index is 0.344. The summed E-state index contributed by atoms with van der Waals surface area (Å²) in [5.41, 5.74) is 0. The van der Waals surface area contributed by atoms with Crippen molar-refractivity contribution in [2.75, 3.05) is 39.3 Å². The lowest BCUT2D eigenvalue weighted by Gasteiger charge is -2.34. The molecule has 4 heteroatoms. The van der Waals surface area contributed by atoms with E-state index in [2.05, 4.69) is 29.0 Å². The van der Waals surface area contributed by atoms with Crippen LogP contribution in [0.4, 0.5) is 0 Å². The maximum atomic E-state index is 12.1. The van der Waals surface area contributed by atoms with Crippen LogP contribution in [0.3, 0.4) is 0 Å². The fraction of sp³-hybridized carbons (Fsp3) is 0.933. The number of hydrogen-bond acceptors (Lipinski definition) is 3. The molecule has 1 amide bonds. The van der Waals surface area contributed by atoms with E-state index in [4.69, 9.17) is 0 Å². The Morgan fingerprint density at radius 1 is 1.21 bits per heavy atom. The highest BCUT2D eigenvalue weighted by atomic mass is 16.2. The van der Waals surface area contributed by atoms with Crippen molar-refractivity contribution < 1.29 is 4.79 Å². The molecule has 0 atom stereocenters. The summed E-state index contributed by atoms with van der Waals surface area (Å²) < 4.78 is 0. The molecular formula is C15H29N3O. The Hall–Kier alpha value is -0.610. The van der Waals surface area contributed by atoms with E-state index in [1.165, 1.54) is 19.4 Å². The minimum atomic E-state index is 0.344. The van der Waals surface area contributed by atoms with Gasteiger partial charge in [-0.1, -0.05) is 13.8 Å². The quantitative estimate of drug-likeness (QED) is 0.707. The molecule has 0 spiro atoms. The predicted octanol–water partition coefficient (Wildman–Crippen LogP) is 1.32. The smallest absolute Gasteiger partial charge is 0.222 e. The molecule has 19 heavy (non-hydrogen) atoms. The van der Waals surface area contributed by atoms with Crippen molar-refractivity contribution in [2.45, 2.75) is 45.6 Å². The zero-order valence-electron chi connectivity index (χ0n) is 12.5. The molecule has 0 radical (unpaired) electrons. The highest BCUT2D eigenvalue weighted by Crippen LogP contribution is 2.29. The fourth-order valence-electron chi connectivity index (χ4n) is 2.63. The molecule has 110 valence electrons. The molecule has 1 aliphatic carbocycles. The van der Waals surface area contributed by atoms with Gasteiger partial charge >= 0.3 is 0 Å². The van der Waals surface area contributed by atoms with Crippen LogP contribution < -0.4 is 5.32 Å². The van der Waals surface area contributed by atoms with Crippen LogP contribution in [-0.2, 0) is 4.79 Å². The van der Waals surface area contributed by atoms with Crippen LogP contribution in [0.1, 0.15) is 39.5 Å². The van der Waals surface area contributed by atoms with E-state index >= 15 is 0 Å². The second-order valence-electron chi connectivity index (χ2n) is 6.34. The second-order valence-corrected chi connectivity index (χ2v) is 6.34. The lowest BCUT2D eigenvalue weighted by Crippen LogP contribution is -2.49. The second kappa shape index (κ2) is 7.25. The Morgan fingerprint density at radius 3 is 2.47 bits per heavy atom. The summed E-state index contributed by atoms with van der Waals surface area (Å²) in [7, 11) is 0. The number of rotatable bonds is 7. The van der Waals surface area contributed by atoms with Gasteiger partial charge in [0.15, 0.2) is 0 Å². The van der Waals surface area contributed by atoms with Crippen LogP contribution in [0, 0.1) is 5.92 Å². The van der Waals surface area contributed by atoms with Crippen LogP contribution in [0.15, 0.2) is 0 Å². The predicted molar refractivity (Wildman–Crippen MR) is 78.1 cm³/mol. The molecule has 1 N–H and O–H groups in total. The molecule has 2 fully saturated rings. The minimum Gasteiger partial charge on any atom is -0.340 e. The van der Waals surface area contributed by atoms with Crippen molar-refractivity contribution in [3.63, 3.8) is 0 Å². The molecule has 0 bridgehead atoms. The average molecular weight is 267 g/mol. The first-order chi connectivity index (χ1) is 9.15. The van der Waals surface area contributed by atoms with Gasteiger partial charge in [-0.2, -0.15) is 0 Å². The van der Waals surface area contributed by atoms with Crippen molar-refractivity contribution in [3.05, 3.63) is 0 Å². The van der Waals surface area contributed by atoms with Crippen LogP contribution in [0.2, 0.25) is 0 Å². The van der Waals surface area contributed by atoms with Gasteiger partial charge < -0.3 is 10.2 Å². The third-order valence-corrected chi connectivity index (χ3v) is 4.06. The zero-order valence-corrected chi connectivity index (χ0v) is 12.5. The van der Waals surface area contributed by atoms with E-state index in [0.717, 1.165) is 45.1 Å². The largest absolute Gasteiger partial charge is 0.340 e. The summed E-state index contributed by atoms with van der Waals surface area (Å²) in [6, 6.07) is 0.515. The lowest BCUT2D eigenvalue weighted by atomic mass is 10.2. The Bertz CT molecular complexity index is 281. The number of nitrogens with zero attached hydrogens (tertiary/aromatic N) is 2. The fourth-order valence-corrected chi connectivity index (χ4v) is 2.63. The van der Waals surface area contributed by atoms with Gasteiger partial charge in [0.2, 0.25) is 5.91 Å². The molecule has 0 aromatic heterocycles. The van der Waals surface area contributed by atoms with Gasteiger partial charge in [-0.25, -0.2) is 0 Å². The lowest BCUT2D eigenvalue weighted by molar-refractivity contribution is -0.133. The molecule has 4 nitrogen and oxygen atoms in total. The van der Waals surface area contributed by atoms with E-state index < -0.39 is 0 Å². The van der Waals surface area contributed by atoms with E-state index in [1.54, 1.807) is 0 Å². The van der Waals surface area contributed by atoms with Crippen molar-refractivity contribution >= 4 is 5.91 Å². The van der Waals surface area contributed by atoms with Gasteiger partial charge in [0.05, 0.1) is 0 Å². The van der Waals surface area contributed by atoms with Gasteiger partial charge in [-0.05, 0) is 31.7 Å². The van der Waals surface area contributed by atoms with E-state index in [9.17, 15) is 4.79 Å². The van der Waals surface area contributed by atoms with Gasteiger partial charge in [0.25, 0.3) is 0 Å². The Morgan fingerprint density at radius 2 is 1.89 bits per heavy atom. The summed E-state index contributed by atoms with van der Waals surface area (Å²) in [6.45, 7) is 10.5. The summed E-state index contributed by atoms with van der Waals surface area (Å²) in [4.78, 5) is 16.6. The average Bonchev–Trinajstić information content (AvgIpc) is 3.19. The van der Waals surface area contributed by atoms with E-state index in [0.29, 0.717) is 18.4 Å². The van der Waals surface area contributed by atoms with Crippen LogP contribution in [0.5, 0.6) is 0 Å². The number of amides is 1. The van der Waals surface area contributed by atoms with Crippen LogP contribution in [0.25, 0.3) is 0 Å². The Balaban J connectivity index is 1.56. The van der Waals surface area contributed by atoms with Crippen LogP contribution >= 0.6 is 0 Å². The third-order valence-electron chi connectivity index (χ3n) is 4.06. The number of piperazine rings is 1. The first kappa shape index (κ1) is 14.8. The molecular weight excluding hydrogens is 238 g/mol. The highest BCUT2D eigenvalue weighted by molar-refractivity contribution is 5.76. The first-order valence-electron chi connectivity index (χ1n) is 7.88. The summed E-state index contributed by atoms with van der Waals surface area (Å²) in [5, 5.41) is 3.36. The monoisotopic (exact) mass is 267 g/mol. The molecule has 1 heterocycles. The molecule has 1 saturated heterocycles. The number of carbonyl (C=O) groups excluding carboxylic acids is 1. The van der Waals surface area contributed by atoms with Gasteiger partial charge in [0.1, 0.15) is 0 Å². The van der Waals surface area contributed by atoms with Gasteiger partial charge in [0, 0.05) is 45.2 Å². The standard InChI is InChI=1S/C15H29N3O/c1-13(2)16-7-3-4-15(19)18-10-8-17(9-11-18)12-14-5-6-14/h13-14,16H,3-12H2,1-2H3. The maximum absolute atomic E-state index is 12.1. The third kappa shape index (κ3) is 5.49. The Kier molecular flexibility index (Phi) is 5.64. The number of carbonyl (C=O) groups is 1. The molecule has 1 aliphatic heterocycles. The molecule has 0 aromatic carbocycles. The normalized spacial score (nSPS) is 21.1. The molecule has 1 saturated carbocycles. The van der Waals surface area contributed by atoms with Crippen molar-refractivity contribution in [2.24, 2.45) is 5.92 Å².